The molecule has 0 aromatic heterocycles. The lowest BCUT2D eigenvalue weighted by atomic mass is 9.96. The summed E-state index contributed by atoms with van der Waals surface area (Å²) in [5.74, 6) is -0.867. The third-order valence-corrected chi connectivity index (χ3v) is 5.92. The molecule has 4 nitrogen and oxygen atoms in total. The van der Waals surface area contributed by atoms with Crippen molar-refractivity contribution >= 4 is 11.9 Å². The fourth-order valence-electron chi connectivity index (χ4n) is 4.30. The summed E-state index contributed by atoms with van der Waals surface area (Å²) in [5.41, 5.74) is 6.74. The van der Waals surface area contributed by atoms with E-state index < -0.39 is 5.97 Å². The standard InChI is InChI=1S/C23H25NO3/c25-22(24-12-10-17(11-13-24)23(26)27)7-3-4-16-8-9-19-15-18-5-1-2-6-20(18)21(19)14-16/h1-2,5-6,8-9,14,17H,3-4,7,10-13,15H2,(H,26,27). The van der Waals surface area contributed by atoms with Crippen molar-refractivity contribution in [1.29, 1.82) is 0 Å². The molecule has 1 heterocycles. The molecule has 1 aliphatic carbocycles. The quantitative estimate of drug-likeness (QED) is 0.748. The molecule has 1 fully saturated rings. The summed E-state index contributed by atoms with van der Waals surface area (Å²) in [7, 11) is 0. The Bertz CT molecular complexity index is 866. The average Bonchev–Trinajstić information content (AvgIpc) is 3.06. The molecular formula is C23H25NO3. The number of carbonyl (C=O) groups excluding carboxylic acids is 1. The molecule has 1 saturated heterocycles. The van der Waals surface area contributed by atoms with Crippen molar-refractivity contribution in [3.8, 4) is 11.1 Å². The van der Waals surface area contributed by atoms with Gasteiger partial charge in [-0.2, -0.15) is 0 Å². The van der Waals surface area contributed by atoms with Crippen molar-refractivity contribution in [2.75, 3.05) is 13.1 Å². The minimum absolute atomic E-state index is 0.158. The molecule has 4 rings (SSSR count). The Morgan fingerprint density at radius 1 is 1.00 bits per heavy atom. The number of aryl methyl sites for hydroxylation is 1. The van der Waals surface area contributed by atoms with Crippen LogP contribution in [0, 0.1) is 5.92 Å². The van der Waals surface area contributed by atoms with E-state index in [0.717, 1.165) is 19.3 Å². The lowest BCUT2D eigenvalue weighted by molar-refractivity contribution is -0.145. The highest BCUT2D eigenvalue weighted by Crippen LogP contribution is 2.37. The van der Waals surface area contributed by atoms with Crippen LogP contribution in [0.3, 0.4) is 0 Å². The molecule has 0 radical (unpaired) electrons. The van der Waals surface area contributed by atoms with Crippen molar-refractivity contribution in [2.45, 2.75) is 38.5 Å². The predicted molar refractivity (Wildman–Crippen MR) is 105 cm³/mol. The molecule has 2 aliphatic rings. The lowest BCUT2D eigenvalue weighted by Gasteiger charge is -2.30. The molecule has 2 aromatic rings. The zero-order chi connectivity index (χ0) is 18.8. The van der Waals surface area contributed by atoms with Gasteiger partial charge in [-0.15, -0.1) is 0 Å². The van der Waals surface area contributed by atoms with Crippen LogP contribution in [0.5, 0.6) is 0 Å². The number of hydrogen-bond donors (Lipinski definition) is 1. The average molecular weight is 363 g/mol. The van der Waals surface area contributed by atoms with Crippen LogP contribution in [-0.2, 0) is 22.4 Å². The number of benzene rings is 2. The first kappa shape index (κ1) is 17.8. The fourth-order valence-corrected chi connectivity index (χ4v) is 4.30. The van der Waals surface area contributed by atoms with Gasteiger partial charge in [0, 0.05) is 19.5 Å². The second-order valence-electron chi connectivity index (χ2n) is 7.67. The van der Waals surface area contributed by atoms with E-state index in [-0.39, 0.29) is 11.8 Å². The van der Waals surface area contributed by atoms with Crippen LogP contribution in [0.2, 0.25) is 0 Å². The molecule has 140 valence electrons. The molecule has 1 aliphatic heterocycles. The van der Waals surface area contributed by atoms with Crippen molar-refractivity contribution in [3.63, 3.8) is 0 Å². The third-order valence-electron chi connectivity index (χ3n) is 5.92. The van der Waals surface area contributed by atoms with E-state index in [1.807, 2.05) is 4.90 Å². The van der Waals surface area contributed by atoms with Gasteiger partial charge in [-0.05, 0) is 59.9 Å². The maximum atomic E-state index is 12.4. The number of aliphatic carboxylic acids is 1. The molecule has 0 spiro atoms. The normalized spacial score (nSPS) is 16.1. The zero-order valence-electron chi connectivity index (χ0n) is 15.5. The van der Waals surface area contributed by atoms with Gasteiger partial charge in [0.1, 0.15) is 0 Å². The highest BCUT2D eigenvalue weighted by molar-refractivity contribution is 5.78. The van der Waals surface area contributed by atoms with Crippen molar-refractivity contribution in [1.82, 2.24) is 4.90 Å². The number of carboxylic acids is 1. The molecule has 0 bridgehead atoms. The minimum Gasteiger partial charge on any atom is -0.481 e. The zero-order valence-corrected chi connectivity index (χ0v) is 15.5. The first-order valence-corrected chi connectivity index (χ1v) is 9.82. The van der Waals surface area contributed by atoms with Gasteiger partial charge in [0.2, 0.25) is 5.91 Å². The molecule has 2 aromatic carbocycles. The number of carbonyl (C=O) groups is 2. The summed E-state index contributed by atoms with van der Waals surface area (Å²) in [4.78, 5) is 25.2. The van der Waals surface area contributed by atoms with Gasteiger partial charge in [0.25, 0.3) is 0 Å². The number of likely N-dealkylation sites (tertiary alicyclic amines) is 1. The topological polar surface area (TPSA) is 57.6 Å². The van der Waals surface area contributed by atoms with Gasteiger partial charge in [0.15, 0.2) is 0 Å². The van der Waals surface area contributed by atoms with Crippen LogP contribution in [0.1, 0.15) is 42.4 Å². The van der Waals surface area contributed by atoms with Gasteiger partial charge < -0.3 is 10.0 Å². The monoisotopic (exact) mass is 363 g/mol. The minimum atomic E-state index is -0.736. The molecule has 27 heavy (non-hydrogen) atoms. The number of nitrogens with zero attached hydrogens (tertiary/aromatic N) is 1. The molecule has 4 heteroatoms. The third kappa shape index (κ3) is 3.75. The van der Waals surface area contributed by atoms with Crippen molar-refractivity contribution in [3.05, 3.63) is 59.2 Å². The van der Waals surface area contributed by atoms with Gasteiger partial charge in [-0.1, -0.05) is 42.5 Å². The van der Waals surface area contributed by atoms with Crippen LogP contribution >= 0.6 is 0 Å². The van der Waals surface area contributed by atoms with E-state index in [1.165, 1.54) is 27.8 Å². The molecule has 0 unspecified atom stereocenters. The Balaban J connectivity index is 1.31. The maximum Gasteiger partial charge on any atom is 0.306 e. The number of amides is 1. The Morgan fingerprint density at radius 3 is 2.52 bits per heavy atom. The van der Waals surface area contributed by atoms with Crippen LogP contribution in [0.25, 0.3) is 11.1 Å². The molecule has 0 atom stereocenters. The molecule has 1 amide bonds. The molecule has 1 N–H and O–H groups in total. The van der Waals surface area contributed by atoms with Crippen molar-refractivity contribution in [2.24, 2.45) is 5.92 Å². The Morgan fingerprint density at radius 2 is 1.74 bits per heavy atom. The summed E-state index contributed by atoms with van der Waals surface area (Å²) in [6.07, 6.45) is 4.42. The number of fused-ring (bicyclic) bond motifs is 3. The molecular weight excluding hydrogens is 338 g/mol. The van der Waals surface area contributed by atoms with E-state index >= 15 is 0 Å². The number of piperidine rings is 1. The Hall–Kier alpha value is -2.62. The Labute approximate surface area is 159 Å². The van der Waals surface area contributed by atoms with E-state index in [0.29, 0.717) is 32.4 Å². The molecule has 0 saturated carbocycles. The highest BCUT2D eigenvalue weighted by atomic mass is 16.4. The second-order valence-corrected chi connectivity index (χ2v) is 7.67. The van der Waals surface area contributed by atoms with Gasteiger partial charge >= 0.3 is 5.97 Å². The second kappa shape index (κ2) is 7.55. The smallest absolute Gasteiger partial charge is 0.306 e. The summed E-state index contributed by atoms with van der Waals surface area (Å²) in [5, 5.41) is 9.06. The highest BCUT2D eigenvalue weighted by Gasteiger charge is 2.26. The fraction of sp³-hybridized carbons (Fsp3) is 0.391. The van der Waals surface area contributed by atoms with Crippen LogP contribution in [0.4, 0.5) is 0 Å². The predicted octanol–water partition coefficient (Wildman–Crippen LogP) is 3.90. The summed E-state index contributed by atoms with van der Waals surface area (Å²) in [6.45, 7) is 1.15. The van der Waals surface area contributed by atoms with E-state index in [9.17, 15) is 9.59 Å². The number of rotatable bonds is 5. The maximum absolute atomic E-state index is 12.4. The number of carboxylic acid groups (broad SMARTS) is 1. The van der Waals surface area contributed by atoms with Gasteiger partial charge in [0.05, 0.1) is 5.92 Å². The first-order chi connectivity index (χ1) is 13.1. The largest absolute Gasteiger partial charge is 0.481 e. The summed E-state index contributed by atoms with van der Waals surface area (Å²) in [6, 6.07) is 15.3. The lowest BCUT2D eigenvalue weighted by Crippen LogP contribution is -2.40. The number of hydrogen-bond acceptors (Lipinski definition) is 2. The van der Waals surface area contributed by atoms with Crippen LogP contribution in [-0.4, -0.2) is 35.0 Å². The van der Waals surface area contributed by atoms with Crippen molar-refractivity contribution < 1.29 is 14.7 Å². The van der Waals surface area contributed by atoms with Gasteiger partial charge in [-0.3, -0.25) is 9.59 Å². The van der Waals surface area contributed by atoms with Crippen LogP contribution in [0.15, 0.2) is 42.5 Å². The van der Waals surface area contributed by atoms with Gasteiger partial charge in [-0.25, -0.2) is 0 Å². The summed E-state index contributed by atoms with van der Waals surface area (Å²) < 4.78 is 0. The van der Waals surface area contributed by atoms with E-state index in [2.05, 4.69) is 42.5 Å². The first-order valence-electron chi connectivity index (χ1n) is 9.82. The van der Waals surface area contributed by atoms with E-state index in [1.54, 1.807) is 0 Å². The van der Waals surface area contributed by atoms with Crippen LogP contribution < -0.4 is 0 Å². The summed E-state index contributed by atoms with van der Waals surface area (Å²) >= 11 is 0. The Kier molecular flexibility index (Phi) is 4.97. The SMILES string of the molecule is O=C(O)C1CCN(C(=O)CCCc2ccc3c(c2)-c2ccccc2C3)CC1. The van der Waals surface area contributed by atoms with E-state index in [4.69, 9.17) is 5.11 Å².